The highest BCUT2D eigenvalue weighted by Gasteiger charge is 2.17. The second kappa shape index (κ2) is 6.28. The Balaban J connectivity index is 1.88. The molecule has 0 saturated carbocycles. The van der Waals surface area contributed by atoms with E-state index in [4.69, 9.17) is 5.73 Å². The molecule has 1 aliphatic rings. The van der Waals surface area contributed by atoms with Crippen LogP contribution >= 0.6 is 0 Å². The summed E-state index contributed by atoms with van der Waals surface area (Å²) in [7, 11) is 0. The number of nitrogens with two attached hydrogens (primary N) is 1. The second-order valence-corrected chi connectivity index (χ2v) is 4.55. The average molecular weight is 246 g/mol. The Hall–Kier alpha value is -1.71. The van der Waals surface area contributed by atoms with E-state index in [1.54, 1.807) is 0 Å². The second-order valence-electron chi connectivity index (χ2n) is 4.55. The van der Waals surface area contributed by atoms with Crippen molar-refractivity contribution in [3.05, 3.63) is 30.3 Å². The number of aliphatic imine (C=N–C) groups is 1. The van der Waals surface area contributed by atoms with Gasteiger partial charge in [-0.2, -0.15) is 0 Å². The van der Waals surface area contributed by atoms with Crippen molar-refractivity contribution in [2.24, 2.45) is 10.7 Å². The highest BCUT2D eigenvalue weighted by Crippen LogP contribution is 2.15. The first kappa shape index (κ1) is 12.7. The van der Waals surface area contributed by atoms with Crippen LogP contribution in [0.1, 0.15) is 13.3 Å². The largest absolute Gasteiger partial charge is 0.370 e. The maximum Gasteiger partial charge on any atom is 0.191 e. The molecule has 0 spiro atoms. The molecule has 1 aromatic carbocycles. The summed E-state index contributed by atoms with van der Waals surface area (Å²) >= 11 is 0. The number of hydrogen-bond donors (Lipinski definition) is 1. The van der Waals surface area contributed by atoms with E-state index in [-0.39, 0.29) is 0 Å². The van der Waals surface area contributed by atoms with E-state index in [0.717, 1.165) is 39.1 Å². The zero-order chi connectivity index (χ0) is 12.8. The third-order valence-corrected chi connectivity index (χ3v) is 3.22. The van der Waals surface area contributed by atoms with Crippen LogP contribution in [0.5, 0.6) is 0 Å². The molecule has 1 aliphatic heterocycles. The highest BCUT2D eigenvalue weighted by molar-refractivity contribution is 5.78. The van der Waals surface area contributed by atoms with Crippen LogP contribution in [0.15, 0.2) is 35.3 Å². The number of piperazine rings is 1. The monoisotopic (exact) mass is 246 g/mol. The van der Waals surface area contributed by atoms with Crippen LogP contribution in [0.25, 0.3) is 0 Å². The van der Waals surface area contributed by atoms with Gasteiger partial charge < -0.3 is 15.5 Å². The Kier molecular flexibility index (Phi) is 4.45. The fourth-order valence-corrected chi connectivity index (χ4v) is 2.16. The Bertz CT molecular complexity index is 380. The summed E-state index contributed by atoms with van der Waals surface area (Å²) in [5, 5.41) is 0. The summed E-state index contributed by atoms with van der Waals surface area (Å²) in [6, 6.07) is 10.5. The van der Waals surface area contributed by atoms with Gasteiger partial charge in [-0.05, 0) is 18.6 Å². The normalized spacial score (nSPS) is 17.1. The average Bonchev–Trinajstić information content (AvgIpc) is 2.46. The van der Waals surface area contributed by atoms with Gasteiger partial charge in [0.1, 0.15) is 0 Å². The van der Waals surface area contributed by atoms with Crippen molar-refractivity contribution in [2.45, 2.75) is 13.3 Å². The van der Waals surface area contributed by atoms with Gasteiger partial charge in [0.25, 0.3) is 0 Å². The number of benzene rings is 1. The van der Waals surface area contributed by atoms with Gasteiger partial charge in [0.15, 0.2) is 5.96 Å². The molecule has 0 bridgehead atoms. The molecule has 1 heterocycles. The molecule has 4 heteroatoms. The summed E-state index contributed by atoms with van der Waals surface area (Å²) in [6.07, 6.45) is 1.05. The van der Waals surface area contributed by atoms with Crippen molar-refractivity contribution < 1.29 is 0 Å². The minimum absolute atomic E-state index is 0.699. The van der Waals surface area contributed by atoms with Gasteiger partial charge in [0.05, 0.1) is 0 Å². The van der Waals surface area contributed by atoms with Gasteiger partial charge in [-0.3, -0.25) is 4.99 Å². The number of guanidine groups is 1. The van der Waals surface area contributed by atoms with Crippen LogP contribution in [0.3, 0.4) is 0 Å². The maximum atomic E-state index is 5.98. The summed E-state index contributed by atoms with van der Waals surface area (Å²) in [6.45, 7) is 6.86. The van der Waals surface area contributed by atoms with Gasteiger partial charge in [-0.15, -0.1) is 0 Å². The zero-order valence-electron chi connectivity index (χ0n) is 11.0. The van der Waals surface area contributed by atoms with E-state index in [0.29, 0.717) is 5.96 Å². The van der Waals surface area contributed by atoms with E-state index < -0.39 is 0 Å². The van der Waals surface area contributed by atoms with E-state index in [9.17, 15) is 0 Å². The van der Waals surface area contributed by atoms with Crippen LogP contribution in [0.4, 0.5) is 5.69 Å². The predicted molar refractivity (Wildman–Crippen MR) is 77.0 cm³/mol. The van der Waals surface area contributed by atoms with Gasteiger partial charge in [0.2, 0.25) is 0 Å². The van der Waals surface area contributed by atoms with Gasteiger partial charge in [0, 0.05) is 38.4 Å². The SMILES string of the molecule is CCCN=C(N)N1CCN(c2ccccc2)CC1. The summed E-state index contributed by atoms with van der Waals surface area (Å²) in [5.41, 5.74) is 7.27. The fraction of sp³-hybridized carbons (Fsp3) is 0.500. The molecule has 0 radical (unpaired) electrons. The first-order valence-electron chi connectivity index (χ1n) is 6.66. The molecular formula is C14H22N4. The smallest absolute Gasteiger partial charge is 0.191 e. The van der Waals surface area contributed by atoms with E-state index in [1.165, 1.54) is 5.69 Å². The van der Waals surface area contributed by atoms with Gasteiger partial charge in [-0.25, -0.2) is 0 Å². The quantitative estimate of drug-likeness (QED) is 0.650. The van der Waals surface area contributed by atoms with Crippen molar-refractivity contribution in [3.63, 3.8) is 0 Å². The molecule has 2 rings (SSSR count). The summed E-state index contributed by atoms with van der Waals surface area (Å²) in [4.78, 5) is 8.93. The van der Waals surface area contributed by atoms with E-state index >= 15 is 0 Å². The third-order valence-electron chi connectivity index (χ3n) is 3.22. The number of hydrogen-bond acceptors (Lipinski definition) is 2. The molecule has 4 nitrogen and oxygen atoms in total. The minimum atomic E-state index is 0.699. The van der Waals surface area contributed by atoms with Crippen molar-refractivity contribution in [3.8, 4) is 0 Å². The number of rotatable bonds is 3. The number of para-hydroxylation sites is 1. The van der Waals surface area contributed by atoms with Crippen molar-refractivity contribution in [1.29, 1.82) is 0 Å². The lowest BCUT2D eigenvalue weighted by molar-refractivity contribution is 0.381. The number of anilines is 1. The highest BCUT2D eigenvalue weighted by atomic mass is 15.3. The van der Waals surface area contributed by atoms with Crippen molar-refractivity contribution in [2.75, 3.05) is 37.6 Å². The zero-order valence-corrected chi connectivity index (χ0v) is 11.0. The molecule has 98 valence electrons. The molecule has 18 heavy (non-hydrogen) atoms. The van der Waals surface area contributed by atoms with Crippen LogP contribution in [0, 0.1) is 0 Å². The molecule has 1 saturated heterocycles. The molecule has 0 amide bonds. The maximum absolute atomic E-state index is 5.98. The van der Waals surface area contributed by atoms with Gasteiger partial charge >= 0.3 is 0 Å². The first-order chi connectivity index (χ1) is 8.81. The molecular weight excluding hydrogens is 224 g/mol. The Morgan fingerprint density at radius 1 is 1.17 bits per heavy atom. The molecule has 2 N–H and O–H groups in total. The predicted octanol–water partition coefficient (Wildman–Crippen LogP) is 1.53. The topological polar surface area (TPSA) is 44.9 Å². The summed E-state index contributed by atoms with van der Waals surface area (Å²) in [5.74, 6) is 0.699. The Labute approximate surface area is 109 Å². The van der Waals surface area contributed by atoms with Gasteiger partial charge in [-0.1, -0.05) is 25.1 Å². The Morgan fingerprint density at radius 2 is 1.83 bits per heavy atom. The lowest BCUT2D eigenvalue weighted by Gasteiger charge is -2.36. The van der Waals surface area contributed by atoms with Crippen LogP contribution in [-0.2, 0) is 0 Å². The third kappa shape index (κ3) is 3.15. The summed E-state index contributed by atoms with van der Waals surface area (Å²) < 4.78 is 0. The lowest BCUT2D eigenvalue weighted by atomic mass is 10.2. The Morgan fingerprint density at radius 3 is 2.44 bits per heavy atom. The molecule has 1 fully saturated rings. The van der Waals surface area contributed by atoms with Crippen LogP contribution in [-0.4, -0.2) is 43.6 Å². The number of nitrogens with zero attached hydrogens (tertiary/aromatic N) is 3. The first-order valence-corrected chi connectivity index (χ1v) is 6.66. The van der Waals surface area contributed by atoms with E-state index in [1.807, 2.05) is 0 Å². The standard InChI is InChI=1S/C14H22N4/c1-2-8-16-14(15)18-11-9-17(10-12-18)13-6-4-3-5-7-13/h3-7H,2,8-12H2,1H3,(H2,15,16). The molecule has 0 unspecified atom stereocenters. The molecule has 0 aromatic heterocycles. The van der Waals surface area contributed by atoms with Crippen molar-refractivity contribution in [1.82, 2.24) is 4.90 Å². The molecule has 1 aromatic rings. The van der Waals surface area contributed by atoms with Crippen molar-refractivity contribution >= 4 is 11.6 Å². The minimum Gasteiger partial charge on any atom is -0.370 e. The fourth-order valence-electron chi connectivity index (χ4n) is 2.16. The molecule has 0 atom stereocenters. The molecule has 0 aliphatic carbocycles. The van der Waals surface area contributed by atoms with E-state index in [2.05, 4.69) is 52.0 Å². The van der Waals surface area contributed by atoms with Crippen LogP contribution < -0.4 is 10.6 Å². The van der Waals surface area contributed by atoms with Crippen LogP contribution in [0.2, 0.25) is 0 Å². The lowest BCUT2D eigenvalue weighted by Crippen LogP contribution is -2.51.